The Labute approximate surface area is 92.6 Å². The largest absolute Gasteiger partial charge is 0.372 e. The van der Waals surface area contributed by atoms with Crippen molar-refractivity contribution in [2.24, 2.45) is 0 Å². The number of methoxy groups -OCH3 is 1. The van der Waals surface area contributed by atoms with E-state index in [1.165, 1.54) is 19.2 Å². The van der Waals surface area contributed by atoms with Crippen LogP contribution in [0.2, 0.25) is 0 Å². The highest BCUT2D eigenvalue weighted by Crippen LogP contribution is 2.16. The average Bonchev–Trinajstić information content (AvgIpc) is 2.30. The first kappa shape index (κ1) is 12.1. The Hall–Kier alpha value is -1.93. The van der Waals surface area contributed by atoms with Crippen LogP contribution >= 0.6 is 0 Å². The van der Waals surface area contributed by atoms with E-state index in [9.17, 15) is 9.18 Å². The van der Waals surface area contributed by atoms with E-state index >= 15 is 0 Å². The summed E-state index contributed by atoms with van der Waals surface area (Å²) in [5.41, 5.74) is 0.356. The minimum absolute atomic E-state index is 0.0802. The molecule has 0 aliphatic heterocycles. The van der Waals surface area contributed by atoms with Gasteiger partial charge in [-0.1, -0.05) is 0 Å². The van der Waals surface area contributed by atoms with E-state index in [1.807, 2.05) is 0 Å². The van der Waals surface area contributed by atoms with Gasteiger partial charge >= 0.3 is 0 Å². The second kappa shape index (κ2) is 5.24. The minimum Gasteiger partial charge on any atom is -0.372 e. The highest BCUT2D eigenvalue weighted by atomic mass is 19.1. The van der Waals surface area contributed by atoms with Crippen LogP contribution in [-0.4, -0.2) is 19.1 Å². The molecule has 0 fully saturated rings. The standard InChI is InChI=1S/C11H11FN2O2/c1-7(16-2)11(15)14-10-4-3-9(12)5-8(10)6-13/h3-5,7H,1-2H3,(H,14,15)/t7-/m0/s1. The lowest BCUT2D eigenvalue weighted by Crippen LogP contribution is -2.26. The molecule has 1 rings (SSSR count). The molecule has 0 bridgehead atoms. The van der Waals surface area contributed by atoms with Crippen molar-refractivity contribution in [3.05, 3.63) is 29.6 Å². The predicted molar refractivity (Wildman–Crippen MR) is 56.2 cm³/mol. The first-order valence-corrected chi connectivity index (χ1v) is 4.61. The molecule has 0 heterocycles. The monoisotopic (exact) mass is 222 g/mol. The van der Waals surface area contributed by atoms with E-state index in [0.717, 1.165) is 6.07 Å². The van der Waals surface area contributed by atoms with Crippen LogP contribution in [0, 0.1) is 17.1 Å². The highest BCUT2D eigenvalue weighted by molar-refractivity contribution is 5.95. The normalized spacial score (nSPS) is 11.6. The van der Waals surface area contributed by atoms with Gasteiger partial charge in [-0.05, 0) is 25.1 Å². The van der Waals surface area contributed by atoms with E-state index in [1.54, 1.807) is 13.0 Å². The number of ether oxygens (including phenoxy) is 1. The van der Waals surface area contributed by atoms with Gasteiger partial charge < -0.3 is 10.1 Å². The second-order valence-electron chi connectivity index (χ2n) is 3.17. The van der Waals surface area contributed by atoms with Gasteiger partial charge in [0.25, 0.3) is 5.91 Å². The lowest BCUT2D eigenvalue weighted by Gasteiger charge is -2.11. The van der Waals surface area contributed by atoms with Gasteiger partial charge in [0.1, 0.15) is 18.0 Å². The fraction of sp³-hybridized carbons (Fsp3) is 0.273. The summed E-state index contributed by atoms with van der Waals surface area (Å²) in [6, 6.07) is 5.38. The van der Waals surface area contributed by atoms with E-state index in [-0.39, 0.29) is 17.2 Å². The van der Waals surface area contributed by atoms with Crippen LogP contribution in [0.5, 0.6) is 0 Å². The van der Waals surface area contributed by atoms with Crippen LogP contribution in [0.25, 0.3) is 0 Å². The molecule has 1 amide bonds. The second-order valence-corrected chi connectivity index (χ2v) is 3.17. The molecular formula is C11H11FN2O2. The van der Waals surface area contributed by atoms with Gasteiger partial charge in [-0.2, -0.15) is 5.26 Å². The Morgan fingerprint density at radius 2 is 2.31 bits per heavy atom. The van der Waals surface area contributed by atoms with Crippen molar-refractivity contribution in [1.82, 2.24) is 0 Å². The van der Waals surface area contributed by atoms with Crippen LogP contribution in [0.3, 0.4) is 0 Å². The fourth-order valence-electron chi connectivity index (χ4n) is 1.06. The summed E-state index contributed by atoms with van der Waals surface area (Å²) in [7, 11) is 1.40. The number of benzene rings is 1. The number of anilines is 1. The summed E-state index contributed by atoms with van der Waals surface area (Å²) in [4.78, 5) is 11.5. The molecule has 84 valence electrons. The lowest BCUT2D eigenvalue weighted by atomic mass is 10.2. The van der Waals surface area contributed by atoms with Crippen molar-refractivity contribution in [3.63, 3.8) is 0 Å². The van der Waals surface area contributed by atoms with Crippen molar-refractivity contribution < 1.29 is 13.9 Å². The number of nitrogens with zero attached hydrogens (tertiary/aromatic N) is 1. The molecule has 0 radical (unpaired) electrons. The van der Waals surface area contributed by atoms with Crippen LogP contribution in [0.4, 0.5) is 10.1 Å². The van der Waals surface area contributed by atoms with Crippen molar-refractivity contribution in [2.75, 3.05) is 12.4 Å². The summed E-state index contributed by atoms with van der Waals surface area (Å²) in [6.07, 6.45) is -0.628. The van der Waals surface area contributed by atoms with Crippen LogP contribution in [0.15, 0.2) is 18.2 Å². The molecule has 16 heavy (non-hydrogen) atoms. The molecule has 0 aromatic heterocycles. The molecular weight excluding hydrogens is 211 g/mol. The fourth-order valence-corrected chi connectivity index (χ4v) is 1.06. The SMILES string of the molecule is CO[C@@H](C)C(=O)Nc1ccc(F)cc1C#N. The number of amides is 1. The zero-order valence-corrected chi connectivity index (χ0v) is 8.95. The number of nitrogens with one attached hydrogen (secondary N) is 1. The molecule has 0 aliphatic carbocycles. The topological polar surface area (TPSA) is 62.1 Å². The number of hydrogen-bond donors (Lipinski definition) is 1. The molecule has 5 heteroatoms. The zero-order valence-electron chi connectivity index (χ0n) is 8.95. The van der Waals surface area contributed by atoms with Crippen molar-refractivity contribution in [1.29, 1.82) is 5.26 Å². The molecule has 0 saturated carbocycles. The third-order valence-corrected chi connectivity index (χ3v) is 2.08. The van der Waals surface area contributed by atoms with Crippen LogP contribution < -0.4 is 5.32 Å². The highest BCUT2D eigenvalue weighted by Gasteiger charge is 2.13. The van der Waals surface area contributed by atoms with Gasteiger partial charge in [0.15, 0.2) is 0 Å². The van der Waals surface area contributed by atoms with Gasteiger partial charge in [0, 0.05) is 7.11 Å². The van der Waals surface area contributed by atoms with E-state index < -0.39 is 11.9 Å². The predicted octanol–water partition coefficient (Wildman–Crippen LogP) is 1.67. The maximum Gasteiger partial charge on any atom is 0.253 e. The molecule has 1 N–H and O–H groups in total. The number of rotatable bonds is 3. The smallest absolute Gasteiger partial charge is 0.253 e. The van der Waals surface area contributed by atoms with Gasteiger partial charge in [-0.3, -0.25) is 4.79 Å². The molecule has 0 spiro atoms. The average molecular weight is 222 g/mol. The molecule has 1 aromatic rings. The molecule has 1 aromatic carbocycles. The Balaban J connectivity index is 2.90. The van der Waals surface area contributed by atoms with Gasteiger partial charge in [-0.25, -0.2) is 4.39 Å². The van der Waals surface area contributed by atoms with E-state index in [0.29, 0.717) is 0 Å². The molecule has 0 aliphatic rings. The number of carbonyl (C=O) groups is 1. The lowest BCUT2D eigenvalue weighted by molar-refractivity contribution is -0.124. The van der Waals surface area contributed by atoms with Crippen molar-refractivity contribution in [2.45, 2.75) is 13.0 Å². The maximum atomic E-state index is 12.8. The molecule has 0 unspecified atom stereocenters. The van der Waals surface area contributed by atoms with Crippen molar-refractivity contribution >= 4 is 11.6 Å². The Morgan fingerprint density at radius 3 is 2.88 bits per heavy atom. The van der Waals surface area contributed by atoms with Crippen molar-refractivity contribution in [3.8, 4) is 6.07 Å². The number of carbonyl (C=O) groups excluding carboxylic acids is 1. The summed E-state index contributed by atoms with van der Waals surface area (Å²) >= 11 is 0. The number of halogens is 1. The Bertz CT molecular complexity index is 440. The number of nitriles is 1. The summed E-state index contributed by atoms with van der Waals surface area (Å²) in [6.45, 7) is 1.57. The third-order valence-electron chi connectivity index (χ3n) is 2.08. The van der Waals surface area contributed by atoms with Gasteiger partial charge in [0.05, 0.1) is 11.3 Å². The first-order chi connectivity index (χ1) is 7.58. The minimum atomic E-state index is -0.628. The Kier molecular flexibility index (Phi) is 3.97. The number of hydrogen-bond acceptors (Lipinski definition) is 3. The molecule has 0 saturated heterocycles. The van der Waals surface area contributed by atoms with E-state index in [2.05, 4.69) is 5.32 Å². The summed E-state index contributed by atoms with van der Waals surface area (Å²) < 4.78 is 17.6. The zero-order chi connectivity index (χ0) is 12.1. The quantitative estimate of drug-likeness (QED) is 0.846. The van der Waals surface area contributed by atoms with Crippen LogP contribution in [-0.2, 0) is 9.53 Å². The van der Waals surface area contributed by atoms with Crippen LogP contribution in [0.1, 0.15) is 12.5 Å². The summed E-state index contributed by atoms with van der Waals surface area (Å²) in [5, 5.41) is 11.2. The Morgan fingerprint density at radius 1 is 1.62 bits per heavy atom. The third kappa shape index (κ3) is 2.78. The van der Waals surface area contributed by atoms with Gasteiger partial charge in [0.2, 0.25) is 0 Å². The van der Waals surface area contributed by atoms with E-state index in [4.69, 9.17) is 10.00 Å². The maximum absolute atomic E-state index is 12.8. The van der Waals surface area contributed by atoms with Gasteiger partial charge in [-0.15, -0.1) is 0 Å². The summed E-state index contributed by atoms with van der Waals surface area (Å²) in [5.74, 6) is -0.903. The molecule has 4 nitrogen and oxygen atoms in total. The molecule has 1 atom stereocenters. The first-order valence-electron chi connectivity index (χ1n) is 4.61.